The molecule has 0 bridgehead atoms. The first kappa shape index (κ1) is 14.2. The molecule has 0 saturated carbocycles. The minimum atomic E-state index is -4.42. The number of nitrogens with two attached hydrogens (primary N) is 1. The molecule has 6 heteroatoms. The number of benzene rings is 2. The van der Waals surface area contributed by atoms with Gasteiger partial charge in [0.2, 0.25) is 0 Å². The Kier molecular flexibility index (Phi) is 3.83. The third-order valence-electron chi connectivity index (χ3n) is 2.66. The van der Waals surface area contributed by atoms with E-state index in [1.165, 1.54) is 24.3 Å². The van der Waals surface area contributed by atoms with Crippen LogP contribution >= 0.6 is 0 Å². The normalized spacial score (nSPS) is 11.4. The van der Waals surface area contributed by atoms with E-state index >= 15 is 0 Å². The predicted octanol–water partition coefficient (Wildman–Crippen LogP) is 4.01. The van der Waals surface area contributed by atoms with E-state index in [4.69, 9.17) is 10.5 Å². The van der Waals surface area contributed by atoms with E-state index in [9.17, 15) is 17.6 Å². The molecule has 0 unspecified atom stereocenters. The van der Waals surface area contributed by atoms with Gasteiger partial charge in [0.1, 0.15) is 18.2 Å². The zero-order valence-corrected chi connectivity index (χ0v) is 10.2. The molecule has 0 aliphatic carbocycles. The molecule has 0 aliphatic rings. The largest absolute Gasteiger partial charge is 0.489 e. The Balaban J connectivity index is 2.11. The highest BCUT2D eigenvalue weighted by Crippen LogP contribution is 2.31. The monoisotopic (exact) mass is 285 g/mol. The zero-order valence-electron chi connectivity index (χ0n) is 10.2. The number of halogens is 4. The smallest absolute Gasteiger partial charge is 0.416 e. The highest BCUT2D eigenvalue weighted by Gasteiger charge is 2.30. The van der Waals surface area contributed by atoms with Gasteiger partial charge < -0.3 is 10.5 Å². The van der Waals surface area contributed by atoms with E-state index < -0.39 is 17.6 Å². The number of alkyl halides is 3. The number of anilines is 1. The first-order valence-electron chi connectivity index (χ1n) is 5.70. The predicted molar refractivity (Wildman–Crippen MR) is 66.6 cm³/mol. The highest BCUT2D eigenvalue weighted by atomic mass is 19.4. The molecule has 2 aromatic carbocycles. The summed E-state index contributed by atoms with van der Waals surface area (Å²) < 4.78 is 55.7. The molecule has 0 aliphatic heterocycles. The lowest BCUT2D eigenvalue weighted by atomic mass is 10.2. The third-order valence-corrected chi connectivity index (χ3v) is 2.66. The molecule has 0 fully saturated rings. The molecular formula is C14H11F4NO. The molecular weight excluding hydrogens is 274 g/mol. The second-order valence-electron chi connectivity index (χ2n) is 4.16. The summed E-state index contributed by atoms with van der Waals surface area (Å²) in [5, 5.41) is 0. The van der Waals surface area contributed by atoms with Crippen molar-refractivity contribution in [3.05, 3.63) is 59.4 Å². The molecule has 20 heavy (non-hydrogen) atoms. The Morgan fingerprint density at radius 1 is 1.05 bits per heavy atom. The summed E-state index contributed by atoms with van der Waals surface area (Å²) in [7, 11) is 0. The molecule has 2 rings (SSSR count). The summed E-state index contributed by atoms with van der Waals surface area (Å²) in [6.45, 7) is -0.0343. The van der Waals surface area contributed by atoms with E-state index in [0.717, 1.165) is 18.2 Å². The summed E-state index contributed by atoms with van der Waals surface area (Å²) >= 11 is 0. The fourth-order valence-corrected chi connectivity index (χ4v) is 1.62. The standard InChI is InChI=1S/C14H11F4NO/c15-11-5-4-9(13(19)7-11)8-20-12-3-1-2-10(6-12)14(16,17)18/h1-7H,8,19H2. The van der Waals surface area contributed by atoms with Gasteiger partial charge in [-0.3, -0.25) is 0 Å². The Bertz CT molecular complexity index is 610. The molecule has 0 heterocycles. The fourth-order valence-electron chi connectivity index (χ4n) is 1.62. The number of nitrogen functional groups attached to an aromatic ring is 1. The van der Waals surface area contributed by atoms with Gasteiger partial charge in [-0.05, 0) is 30.3 Å². The van der Waals surface area contributed by atoms with E-state index in [1.54, 1.807) is 0 Å². The number of rotatable bonds is 3. The third kappa shape index (κ3) is 3.40. The van der Waals surface area contributed by atoms with E-state index in [-0.39, 0.29) is 18.0 Å². The van der Waals surface area contributed by atoms with Crippen LogP contribution in [-0.2, 0) is 12.8 Å². The molecule has 0 radical (unpaired) electrons. The van der Waals surface area contributed by atoms with Gasteiger partial charge in [0.15, 0.2) is 0 Å². The second kappa shape index (κ2) is 5.40. The summed E-state index contributed by atoms with van der Waals surface area (Å²) in [6, 6.07) is 8.30. The molecule has 2 nitrogen and oxygen atoms in total. The van der Waals surface area contributed by atoms with Crippen LogP contribution < -0.4 is 10.5 Å². The van der Waals surface area contributed by atoms with Crippen molar-refractivity contribution in [2.75, 3.05) is 5.73 Å². The number of hydrogen-bond acceptors (Lipinski definition) is 2. The lowest BCUT2D eigenvalue weighted by Crippen LogP contribution is -2.05. The molecule has 106 valence electrons. The highest BCUT2D eigenvalue weighted by molar-refractivity contribution is 5.46. The minimum Gasteiger partial charge on any atom is -0.489 e. The maximum absolute atomic E-state index is 12.8. The molecule has 0 atom stereocenters. The van der Waals surface area contributed by atoms with Gasteiger partial charge in [0.25, 0.3) is 0 Å². The summed E-state index contributed by atoms with van der Waals surface area (Å²) in [4.78, 5) is 0. The van der Waals surface area contributed by atoms with Gasteiger partial charge in [-0.25, -0.2) is 4.39 Å². The van der Waals surface area contributed by atoms with E-state index in [0.29, 0.717) is 5.56 Å². The molecule has 0 aromatic heterocycles. The van der Waals surface area contributed by atoms with Crippen molar-refractivity contribution < 1.29 is 22.3 Å². The van der Waals surface area contributed by atoms with Crippen LogP contribution in [0.2, 0.25) is 0 Å². The van der Waals surface area contributed by atoms with Crippen LogP contribution in [0.5, 0.6) is 5.75 Å². The Morgan fingerprint density at radius 2 is 1.80 bits per heavy atom. The van der Waals surface area contributed by atoms with Crippen LogP contribution in [0, 0.1) is 5.82 Å². The van der Waals surface area contributed by atoms with Crippen LogP contribution in [0.3, 0.4) is 0 Å². The van der Waals surface area contributed by atoms with Gasteiger partial charge in [0, 0.05) is 11.3 Å². The van der Waals surface area contributed by atoms with Crippen molar-refractivity contribution in [3.63, 3.8) is 0 Å². The van der Waals surface area contributed by atoms with Crippen LogP contribution in [0.1, 0.15) is 11.1 Å². The van der Waals surface area contributed by atoms with Crippen LogP contribution in [0.25, 0.3) is 0 Å². The fraction of sp³-hybridized carbons (Fsp3) is 0.143. The quantitative estimate of drug-likeness (QED) is 0.683. The average molecular weight is 285 g/mol. The van der Waals surface area contributed by atoms with Crippen molar-refractivity contribution in [2.45, 2.75) is 12.8 Å². The Morgan fingerprint density at radius 3 is 2.45 bits per heavy atom. The van der Waals surface area contributed by atoms with Gasteiger partial charge in [-0.2, -0.15) is 13.2 Å². The molecule has 0 amide bonds. The summed E-state index contributed by atoms with van der Waals surface area (Å²) in [5.74, 6) is -0.408. The first-order chi connectivity index (χ1) is 9.36. The maximum Gasteiger partial charge on any atom is 0.416 e. The van der Waals surface area contributed by atoms with Crippen molar-refractivity contribution in [1.82, 2.24) is 0 Å². The molecule has 0 spiro atoms. The number of hydrogen-bond donors (Lipinski definition) is 1. The molecule has 2 N–H and O–H groups in total. The number of ether oxygens (including phenoxy) is 1. The van der Waals surface area contributed by atoms with E-state index in [1.807, 2.05) is 0 Å². The van der Waals surface area contributed by atoms with Gasteiger partial charge in [-0.1, -0.05) is 12.1 Å². The topological polar surface area (TPSA) is 35.2 Å². The molecule has 2 aromatic rings. The van der Waals surface area contributed by atoms with Crippen molar-refractivity contribution in [1.29, 1.82) is 0 Å². The zero-order chi connectivity index (χ0) is 14.8. The molecule has 0 saturated heterocycles. The average Bonchev–Trinajstić information content (AvgIpc) is 2.37. The van der Waals surface area contributed by atoms with Crippen LogP contribution in [0.4, 0.5) is 23.2 Å². The van der Waals surface area contributed by atoms with Gasteiger partial charge in [-0.15, -0.1) is 0 Å². The summed E-state index contributed by atoms with van der Waals surface area (Å²) in [6.07, 6.45) is -4.42. The van der Waals surface area contributed by atoms with Gasteiger partial charge >= 0.3 is 6.18 Å². The minimum absolute atomic E-state index is 0.0343. The Labute approximate surface area is 112 Å². The van der Waals surface area contributed by atoms with E-state index in [2.05, 4.69) is 0 Å². The van der Waals surface area contributed by atoms with Crippen molar-refractivity contribution >= 4 is 5.69 Å². The SMILES string of the molecule is Nc1cc(F)ccc1COc1cccc(C(F)(F)F)c1. The summed E-state index contributed by atoms with van der Waals surface area (Å²) in [5.41, 5.74) is 5.49. The van der Waals surface area contributed by atoms with Gasteiger partial charge in [0.05, 0.1) is 5.56 Å². The first-order valence-corrected chi connectivity index (χ1v) is 5.70. The van der Waals surface area contributed by atoms with Crippen molar-refractivity contribution in [2.24, 2.45) is 0 Å². The second-order valence-corrected chi connectivity index (χ2v) is 4.16. The van der Waals surface area contributed by atoms with Crippen molar-refractivity contribution in [3.8, 4) is 5.75 Å². The lowest BCUT2D eigenvalue weighted by molar-refractivity contribution is -0.137. The Hall–Kier alpha value is -2.24. The van der Waals surface area contributed by atoms with Crippen LogP contribution in [-0.4, -0.2) is 0 Å². The lowest BCUT2D eigenvalue weighted by Gasteiger charge is -2.11. The van der Waals surface area contributed by atoms with Crippen LogP contribution in [0.15, 0.2) is 42.5 Å². The maximum atomic E-state index is 12.8.